The van der Waals surface area contributed by atoms with E-state index in [-0.39, 0.29) is 33.9 Å². The molecule has 40 heavy (non-hydrogen) atoms. The van der Waals surface area contributed by atoms with Gasteiger partial charge >= 0.3 is 0 Å². The van der Waals surface area contributed by atoms with Crippen LogP contribution in [0, 0.1) is 0 Å². The van der Waals surface area contributed by atoms with E-state index in [1.54, 1.807) is 0 Å². The molecule has 0 spiro atoms. The zero-order valence-electron chi connectivity index (χ0n) is 25.5. The first kappa shape index (κ1) is 33.9. The molecule has 6 heteroatoms. The molecule has 3 aromatic rings. The Morgan fingerprint density at radius 3 is 1.95 bits per heavy atom. The molecule has 3 rings (SSSR count). The Hall–Kier alpha value is -2.31. The van der Waals surface area contributed by atoms with Gasteiger partial charge in [-0.1, -0.05) is 58.3 Å². The van der Waals surface area contributed by atoms with Crippen LogP contribution in [0.1, 0.15) is 90.5 Å². The minimum absolute atomic E-state index is 0. The van der Waals surface area contributed by atoms with Crippen molar-refractivity contribution in [1.82, 2.24) is 0 Å². The van der Waals surface area contributed by atoms with Gasteiger partial charge in [0.2, 0.25) is 11.2 Å². The first-order valence-electron chi connectivity index (χ1n) is 15.3. The summed E-state index contributed by atoms with van der Waals surface area (Å²) in [6.45, 7) is 10.3. The maximum Gasteiger partial charge on any atom is 0.235 e. The number of quaternary nitrogens is 1. The summed E-state index contributed by atoms with van der Waals surface area (Å²) in [5.74, 6) is -0.0993. The van der Waals surface area contributed by atoms with Crippen LogP contribution in [-0.4, -0.2) is 43.3 Å². The van der Waals surface area contributed by atoms with Gasteiger partial charge in [0.05, 0.1) is 26.0 Å². The van der Waals surface area contributed by atoms with Gasteiger partial charge in [0.15, 0.2) is 5.76 Å². The number of aromatic hydroxyl groups is 1. The highest BCUT2D eigenvalue weighted by atomic mass is 79.9. The number of anilines is 1. The van der Waals surface area contributed by atoms with Crippen LogP contribution in [0.15, 0.2) is 51.7 Å². The fraction of sp³-hybridized carbons (Fsp3) is 0.559. The molecule has 1 heterocycles. The molecule has 0 aliphatic carbocycles. The molecule has 0 aliphatic heterocycles. The van der Waals surface area contributed by atoms with E-state index < -0.39 is 0 Å². The molecule has 0 radical (unpaired) electrons. The van der Waals surface area contributed by atoms with Gasteiger partial charge in [0.25, 0.3) is 0 Å². The zero-order chi connectivity index (χ0) is 28.3. The molecule has 0 saturated carbocycles. The second-order valence-electron chi connectivity index (χ2n) is 11.7. The molecule has 1 aromatic heterocycles. The van der Waals surface area contributed by atoms with E-state index in [1.807, 2.05) is 42.5 Å². The molecule has 0 fully saturated rings. The summed E-state index contributed by atoms with van der Waals surface area (Å²) in [4.78, 5) is 15.4. The lowest BCUT2D eigenvalue weighted by atomic mass is 10.1. The van der Waals surface area contributed by atoms with Gasteiger partial charge in [0, 0.05) is 29.9 Å². The highest BCUT2D eigenvalue weighted by molar-refractivity contribution is 5.82. The minimum Gasteiger partial charge on any atom is -1.00 e. The molecule has 0 bridgehead atoms. The van der Waals surface area contributed by atoms with E-state index in [0.717, 1.165) is 41.9 Å². The Labute approximate surface area is 252 Å². The van der Waals surface area contributed by atoms with Crippen molar-refractivity contribution >= 4 is 16.7 Å². The second-order valence-corrected chi connectivity index (χ2v) is 11.7. The van der Waals surface area contributed by atoms with E-state index in [4.69, 9.17) is 4.42 Å². The van der Waals surface area contributed by atoms with Crippen LogP contribution < -0.4 is 27.3 Å². The molecule has 0 atom stereocenters. The van der Waals surface area contributed by atoms with Crippen LogP contribution in [0.4, 0.5) is 5.69 Å². The molecule has 1 N–H and O–H groups in total. The zero-order valence-corrected chi connectivity index (χ0v) is 27.1. The van der Waals surface area contributed by atoms with E-state index in [9.17, 15) is 9.90 Å². The first-order chi connectivity index (χ1) is 18.8. The normalized spacial score (nSPS) is 11.5. The van der Waals surface area contributed by atoms with Gasteiger partial charge in [-0.05, 0) is 69.2 Å². The summed E-state index contributed by atoms with van der Waals surface area (Å²) >= 11 is 0. The molecule has 2 aromatic carbocycles. The third-order valence-corrected chi connectivity index (χ3v) is 7.92. The summed E-state index contributed by atoms with van der Waals surface area (Å²) in [6, 6.07) is 13.6. The van der Waals surface area contributed by atoms with Gasteiger partial charge in [-0.2, -0.15) is 0 Å². The number of fused-ring (bicyclic) bond motifs is 1. The second kappa shape index (κ2) is 16.8. The molecule has 222 valence electrons. The third-order valence-electron chi connectivity index (χ3n) is 7.92. The molecular formula is C34H51BrN2O3. The summed E-state index contributed by atoms with van der Waals surface area (Å²) in [7, 11) is 4.51. The maximum atomic E-state index is 13.2. The average molecular weight is 616 g/mol. The summed E-state index contributed by atoms with van der Waals surface area (Å²) < 4.78 is 6.94. The van der Waals surface area contributed by atoms with E-state index in [0.29, 0.717) is 16.5 Å². The molecule has 0 amide bonds. The van der Waals surface area contributed by atoms with E-state index >= 15 is 0 Å². The summed E-state index contributed by atoms with van der Waals surface area (Å²) in [6.07, 6.45) is 13.4. The monoisotopic (exact) mass is 614 g/mol. The van der Waals surface area contributed by atoms with Crippen LogP contribution in [0.5, 0.6) is 5.75 Å². The van der Waals surface area contributed by atoms with Crippen LogP contribution in [-0.2, 0) is 6.54 Å². The molecule has 5 nitrogen and oxygen atoms in total. The Morgan fingerprint density at radius 2 is 1.38 bits per heavy atom. The largest absolute Gasteiger partial charge is 1.00 e. The highest BCUT2D eigenvalue weighted by Gasteiger charge is 2.19. The first-order valence-corrected chi connectivity index (χ1v) is 15.3. The molecular weight excluding hydrogens is 564 g/mol. The Bertz CT molecular complexity index is 1220. The standard InChI is InChI=1S/C34H50N2O3.BrH/c1-6-9-10-11-12-13-14-15-16-17-24-36(4,5)26-27-18-23-31-30(25-27)32(37)33(38)34(39-31)28-19-21-29(22-20-28)35(7-2)8-3;/h18-23,25H,6-17,24,26H2,1-5H3;1H. The lowest BCUT2D eigenvalue weighted by molar-refractivity contribution is -0.903. The number of halogens is 1. The highest BCUT2D eigenvalue weighted by Crippen LogP contribution is 2.32. The van der Waals surface area contributed by atoms with Crippen molar-refractivity contribution in [2.75, 3.05) is 38.6 Å². The van der Waals surface area contributed by atoms with Crippen molar-refractivity contribution in [2.45, 2.75) is 91.5 Å². The van der Waals surface area contributed by atoms with Gasteiger partial charge in [-0.25, -0.2) is 0 Å². The Balaban J connectivity index is 0.00000560. The Kier molecular flexibility index (Phi) is 14.3. The van der Waals surface area contributed by atoms with Gasteiger partial charge < -0.3 is 35.9 Å². The van der Waals surface area contributed by atoms with Crippen molar-refractivity contribution in [1.29, 1.82) is 0 Å². The van der Waals surface area contributed by atoms with Crippen molar-refractivity contribution in [3.63, 3.8) is 0 Å². The summed E-state index contributed by atoms with van der Waals surface area (Å²) in [5.41, 5.74) is 3.02. The van der Waals surface area contributed by atoms with Crippen LogP contribution in [0.2, 0.25) is 0 Å². The van der Waals surface area contributed by atoms with Crippen LogP contribution in [0.25, 0.3) is 22.3 Å². The number of unbranched alkanes of at least 4 members (excludes halogenated alkanes) is 9. The average Bonchev–Trinajstić information content (AvgIpc) is 2.93. The van der Waals surface area contributed by atoms with E-state index in [1.165, 1.54) is 64.2 Å². The molecule has 0 saturated heterocycles. The third kappa shape index (κ3) is 9.66. The van der Waals surface area contributed by atoms with Gasteiger partial charge in [-0.3, -0.25) is 4.79 Å². The quantitative estimate of drug-likeness (QED) is 0.161. The minimum atomic E-state index is -0.374. The topological polar surface area (TPSA) is 53.7 Å². The summed E-state index contributed by atoms with van der Waals surface area (Å²) in [5, 5.41) is 11.2. The number of rotatable bonds is 17. The number of benzene rings is 2. The van der Waals surface area contributed by atoms with E-state index in [2.05, 4.69) is 39.8 Å². The molecule has 0 unspecified atom stereocenters. The number of nitrogens with zero attached hydrogens (tertiary/aromatic N) is 2. The van der Waals surface area contributed by atoms with Crippen LogP contribution >= 0.6 is 0 Å². The van der Waals surface area contributed by atoms with Crippen LogP contribution in [0.3, 0.4) is 0 Å². The van der Waals surface area contributed by atoms with Crippen molar-refractivity contribution < 1.29 is 31.0 Å². The van der Waals surface area contributed by atoms with Crippen molar-refractivity contribution in [3.8, 4) is 17.1 Å². The van der Waals surface area contributed by atoms with Gasteiger partial charge in [0.1, 0.15) is 12.1 Å². The fourth-order valence-electron chi connectivity index (χ4n) is 5.54. The number of hydrogen-bond acceptors (Lipinski definition) is 4. The SMILES string of the molecule is CCCCCCCCCCCC[N+](C)(C)Cc1ccc2oc(-c3ccc(N(CC)CC)cc3)c(O)c(=O)c2c1.[Br-]. The predicted octanol–water partition coefficient (Wildman–Crippen LogP) is 5.51. The number of hydrogen-bond donors (Lipinski definition) is 1. The maximum absolute atomic E-state index is 13.2. The van der Waals surface area contributed by atoms with Crippen molar-refractivity contribution in [3.05, 3.63) is 58.3 Å². The lowest BCUT2D eigenvalue weighted by Crippen LogP contribution is -3.00. The smallest absolute Gasteiger partial charge is 0.235 e. The lowest BCUT2D eigenvalue weighted by Gasteiger charge is -2.30. The predicted molar refractivity (Wildman–Crippen MR) is 166 cm³/mol. The molecule has 0 aliphatic rings. The fourth-order valence-corrected chi connectivity index (χ4v) is 5.54. The van der Waals surface area contributed by atoms with Crippen molar-refractivity contribution in [2.24, 2.45) is 0 Å². The van der Waals surface area contributed by atoms with Gasteiger partial charge in [-0.15, -0.1) is 0 Å². The Morgan fingerprint density at radius 1 is 0.800 bits per heavy atom.